The van der Waals surface area contributed by atoms with Crippen molar-refractivity contribution in [3.05, 3.63) is 102 Å². The van der Waals surface area contributed by atoms with Crippen LogP contribution in [0.25, 0.3) is 0 Å². The molecule has 3 rings (SSSR count). The molecule has 0 heterocycles. The third-order valence-electron chi connectivity index (χ3n) is 4.49. The van der Waals surface area contributed by atoms with Crippen LogP contribution in [0, 0.1) is 0 Å². The predicted molar refractivity (Wildman–Crippen MR) is 118 cm³/mol. The molecule has 3 aromatic carbocycles. The Balaban J connectivity index is 1.90. The summed E-state index contributed by atoms with van der Waals surface area (Å²) in [7, 11) is 4.20. The van der Waals surface area contributed by atoms with E-state index in [4.69, 9.17) is 12.2 Å². The SMILES string of the molecule is CN(C)[C@H](c1ccccc1)[C@H](NC(=S)Nc1ccccc1)c1ccccc1. The lowest BCUT2D eigenvalue weighted by molar-refractivity contribution is 0.247. The van der Waals surface area contributed by atoms with Gasteiger partial charge >= 0.3 is 0 Å². The first-order valence-corrected chi connectivity index (χ1v) is 9.45. The normalized spacial score (nSPS) is 13.0. The number of hydrogen-bond acceptors (Lipinski definition) is 2. The maximum absolute atomic E-state index is 5.63. The fourth-order valence-electron chi connectivity index (χ4n) is 3.27. The van der Waals surface area contributed by atoms with Crippen LogP contribution in [0.2, 0.25) is 0 Å². The van der Waals surface area contributed by atoms with Crippen LogP contribution in [-0.4, -0.2) is 24.1 Å². The molecule has 0 fully saturated rings. The summed E-state index contributed by atoms with van der Waals surface area (Å²) in [5, 5.41) is 7.44. The van der Waals surface area contributed by atoms with E-state index in [9.17, 15) is 0 Å². The van der Waals surface area contributed by atoms with Gasteiger partial charge in [0.15, 0.2) is 5.11 Å². The second kappa shape index (κ2) is 9.31. The van der Waals surface area contributed by atoms with Crippen molar-refractivity contribution in [2.45, 2.75) is 12.1 Å². The average Bonchev–Trinajstić information content (AvgIpc) is 2.69. The number of nitrogens with zero attached hydrogens (tertiary/aromatic N) is 1. The summed E-state index contributed by atoms with van der Waals surface area (Å²) in [5.41, 5.74) is 3.41. The molecular weight excluding hydrogens is 350 g/mol. The van der Waals surface area contributed by atoms with Crippen LogP contribution in [0.5, 0.6) is 0 Å². The topological polar surface area (TPSA) is 27.3 Å². The van der Waals surface area contributed by atoms with Crippen molar-refractivity contribution >= 4 is 23.0 Å². The van der Waals surface area contributed by atoms with Gasteiger partial charge in [-0.15, -0.1) is 0 Å². The zero-order valence-electron chi connectivity index (χ0n) is 15.7. The Morgan fingerprint density at radius 3 is 1.74 bits per heavy atom. The van der Waals surface area contributed by atoms with E-state index >= 15 is 0 Å². The first-order chi connectivity index (χ1) is 13.1. The highest BCUT2D eigenvalue weighted by Crippen LogP contribution is 2.32. The molecule has 0 aliphatic carbocycles. The first-order valence-electron chi connectivity index (χ1n) is 9.04. The summed E-state index contributed by atoms with van der Waals surface area (Å²) in [4.78, 5) is 2.23. The van der Waals surface area contributed by atoms with Gasteiger partial charge in [0.25, 0.3) is 0 Å². The molecule has 0 unspecified atom stereocenters. The lowest BCUT2D eigenvalue weighted by Gasteiger charge is -2.34. The van der Waals surface area contributed by atoms with Crippen LogP contribution in [0.1, 0.15) is 23.2 Å². The van der Waals surface area contributed by atoms with Gasteiger partial charge in [-0.3, -0.25) is 0 Å². The van der Waals surface area contributed by atoms with Gasteiger partial charge in [0, 0.05) is 5.69 Å². The quantitative estimate of drug-likeness (QED) is 0.592. The average molecular weight is 376 g/mol. The number of benzene rings is 3. The molecule has 0 aliphatic heterocycles. The Bertz CT molecular complexity index is 835. The molecule has 27 heavy (non-hydrogen) atoms. The van der Waals surface area contributed by atoms with Gasteiger partial charge in [0.05, 0.1) is 12.1 Å². The minimum atomic E-state index is 0.00677. The van der Waals surface area contributed by atoms with Gasteiger partial charge in [0.2, 0.25) is 0 Å². The van der Waals surface area contributed by atoms with Crippen molar-refractivity contribution in [1.82, 2.24) is 10.2 Å². The molecule has 0 bridgehead atoms. The van der Waals surface area contributed by atoms with E-state index in [0.29, 0.717) is 5.11 Å². The second-order valence-electron chi connectivity index (χ2n) is 6.67. The highest BCUT2D eigenvalue weighted by atomic mass is 32.1. The predicted octanol–water partition coefficient (Wildman–Crippen LogP) is 5.02. The van der Waals surface area contributed by atoms with Crippen molar-refractivity contribution in [2.75, 3.05) is 19.4 Å². The lowest BCUT2D eigenvalue weighted by atomic mass is 9.92. The summed E-state index contributed by atoms with van der Waals surface area (Å²) < 4.78 is 0. The van der Waals surface area contributed by atoms with Crippen LogP contribution in [0.15, 0.2) is 91.0 Å². The molecule has 3 aromatic rings. The van der Waals surface area contributed by atoms with Crippen molar-refractivity contribution in [3.63, 3.8) is 0 Å². The maximum atomic E-state index is 5.63. The van der Waals surface area contributed by atoms with Gasteiger partial charge in [0.1, 0.15) is 0 Å². The Morgan fingerprint density at radius 2 is 1.22 bits per heavy atom. The van der Waals surface area contributed by atoms with E-state index < -0.39 is 0 Å². The largest absolute Gasteiger partial charge is 0.354 e. The molecule has 0 aromatic heterocycles. The highest BCUT2D eigenvalue weighted by molar-refractivity contribution is 7.80. The number of nitrogens with one attached hydrogen (secondary N) is 2. The summed E-state index contributed by atoms with van der Waals surface area (Å²) >= 11 is 5.63. The molecule has 0 saturated heterocycles. The van der Waals surface area contributed by atoms with E-state index in [1.165, 1.54) is 11.1 Å². The smallest absolute Gasteiger partial charge is 0.171 e. The van der Waals surface area contributed by atoms with Gasteiger partial charge < -0.3 is 15.5 Å². The Hall–Kier alpha value is -2.69. The highest BCUT2D eigenvalue weighted by Gasteiger charge is 2.27. The van der Waals surface area contributed by atoms with Crippen LogP contribution < -0.4 is 10.6 Å². The Morgan fingerprint density at radius 1 is 0.741 bits per heavy atom. The number of rotatable bonds is 6. The number of para-hydroxylation sites is 1. The summed E-state index contributed by atoms with van der Waals surface area (Å²) in [5.74, 6) is 0. The fourth-order valence-corrected chi connectivity index (χ4v) is 3.52. The zero-order valence-corrected chi connectivity index (χ0v) is 16.5. The molecule has 2 N–H and O–H groups in total. The monoisotopic (exact) mass is 375 g/mol. The summed E-state index contributed by atoms with van der Waals surface area (Å²) in [6.07, 6.45) is 0. The minimum absolute atomic E-state index is 0.00677. The first kappa shape index (κ1) is 19.1. The summed E-state index contributed by atoms with van der Waals surface area (Å²) in [6, 6.07) is 31.1. The fraction of sp³-hybridized carbons (Fsp3) is 0.174. The Labute approximate surface area is 167 Å². The van der Waals surface area contributed by atoms with Crippen molar-refractivity contribution in [3.8, 4) is 0 Å². The molecule has 2 atom stereocenters. The molecule has 4 heteroatoms. The number of hydrogen-bond donors (Lipinski definition) is 2. The number of anilines is 1. The molecule has 3 nitrogen and oxygen atoms in total. The van der Waals surface area contributed by atoms with E-state index in [1.807, 2.05) is 42.5 Å². The Kier molecular flexibility index (Phi) is 6.58. The van der Waals surface area contributed by atoms with Gasteiger partial charge in [-0.1, -0.05) is 78.9 Å². The second-order valence-corrected chi connectivity index (χ2v) is 7.08. The molecule has 0 spiro atoms. The number of thiocarbonyl (C=S) groups is 1. The summed E-state index contributed by atoms with van der Waals surface area (Å²) in [6.45, 7) is 0. The third kappa shape index (κ3) is 5.16. The molecule has 0 amide bonds. The molecule has 138 valence electrons. The standard InChI is InChI=1S/C23H25N3S/c1-26(2)22(19-14-8-4-9-15-19)21(18-12-6-3-7-13-18)25-23(27)24-20-16-10-5-11-17-20/h3-17,21-22H,1-2H3,(H2,24,25,27)/t21-,22-/m1/s1. The van der Waals surface area contributed by atoms with Crippen molar-refractivity contribution < 1.29 is 0 Å². The maximum Gasteiger partial charge on any atom is 0.171 e. The van der Waals surface area contributed by atoms with E-state index in [2.05, 4.69) is 78.2 Å². The molecule has 0 saturated carbocycles. The lowest BCUT2D eigenvalue weighted by Crippen LogP contribution is -2.40. The number of likely N-dealkylation sites (N-methyl/N-ethyl adjacent to an activating group) is 1. The van der Waals surface area contributed by atoms with Gasteiger partial charge in [-0.25, -0.2) is 0 Å². The van der Waals surface area contributed by atoms with Crippen LogP contribution >= 0.6 is 12.2 Å². The van der Waals surface area contributed by atoms with Crippen LogP contribution in [0.3, 0.4) is 0 Å². The minimum Gasteiger partial charge on any atom is -0.354 e. The van der Waals surface area contributed by atoms with Crippen molar-refractivity contribution in [1.29, 1.82) is 0 Å². The molecule has 0 aliphatic rings. The molecule has 0 radical (unpaired) electrons. The van der Waals surface area contributed by atoms with Gasteiger partial charge in [-0.2, -0.15) is 0 Å². The molecular formula is C23H25N3S. The van der Waals surface area contributed by atoms with Gasteiger partial charge in [-0.05, 0) is 49.6 Å². The van der Waals surface area contributed by atoms with Crippen molar-refractivity contribution in [2.24, 2.45) is 0 Å². The van der Waals surface area contributed by atoms with E-state index in [1.54, 1.807) is 0 Å². The van der Waals surface area contributed by atoms with Crippen LogP contribution in [-0.2, 0) is 0 Å². The van der Waals surface area contributed by atoms with E-state index in [0.717, 1.165) is 5.69 Å². The third-order valence-corrected chi connectivity index (χ3v) is 4.71. The zero-order chi connectivity index (χ0) is 19.1. The van der Waals surface area contributed by atoms with E-state index in [-0.39, 0.29) is 12.1 Å². The van der Waals surface area contributed by atoms with Crippen LogP contribution in [0.4, 0.5) is 5.69 Å².